The molecule has 4 nitrogen and oxygen atoms in total. The molecule has 0 spiro atoms. The summed E-state index contributed by atoms with van der Waals surface area (Å²) in [5, 5.41) is 9.36. The highest BCUT2D eigenvalue weighted by Crippen LogP contribution is 2.55. The van der Waals surface area contributed by atoms with Gasteiger partial charge >= 0.3 is 5.97 Å². The van der Waals surface area contributed by atoms with Gasteiger partial charge in [-0.25, -0.2) is 0 Å². The summed E-state index contributed by atoms with van der Waals surface area (Å²) in [6.45, 7) is 3.03. The molecule has 1 aliphatic carbocycles. The second-order valence-corrected chi connectivity index (χ2v) is 4.74. The van der Waals surface area contributed by atoms with Crippen LogP contribution < -0.4 is 9.47 Å². The lowest BCUT2D eigenvalue weighted by Crippen LogP contribution is -2.23. The largest absolute Gasteiger partial charge is 0.486 e. The van der Waals surface area contributed by atoms with Gasteiger partial charge < -0.3 is 14.6 Å². The second kappa shape index (κ2) is 3.39. The molecule has 1 aromatic rings. The van der Waals surface area contributed by atoms with E-state index >= 15 is 0 Å². The Morgan fingerprint density at radius 2 is 2.00 bits per heavy atom. The van der Waals surface area contributed by atoms with Gasteiger partial charge in [0, 0.05) is 0 Å². The number of carbonyl (C=O) groups is 1. The van der Waals surface area contributed by atoms with Crippen LogP contribution >= 0.6 is 0 Å². The summed E-state index contributed by atoms with van der Waals surface area (Å²) in [7, 11) is 0. The lowest BCUT2D eigenvalue weighted by Gasteiger charge is -2.20. The van der Waals surface area contributed by atoms with Crippen molar-refractivity contribution in [3.05, 3.63) is 23.8 Å². The summed E-state index contributed by atoms with van der Waals surface area (Å²) in [6.07, 6.45) is 0.696. The summed E-state index contributed by atoms with van der Waals surface area (Å²) in [6, 6.07) is 5.46. The van der Waals surface area contributed by atoms with Gasteiger partial charge in [-0.05, 0) is 30.0 Å². The maximum Gasteiger partial charge on any atom is 0.314 e. The van der Waals surface area contributed by atoms with E-state index in [1.165, 1.54) is 0 Å². The number of carboxylic acids is 1. The van der Waals surface area contributed by atoms with E-state index in [0.717, 1.165) is 5.56 Å². The van der Waals surface area contributed by atoms with Gasteiger partial charge in [0.05, 0.1) is 5.41 Å². The Hall–Kier alpha value is -1.71. The van der Waals surface area contributed by atoms with Crippen molar-refractivity contribution in [1.82, 2.24) is 0 Å². The number of rotatable bonds is 2. The molecule has 1 N–H and O–H groups in total. The summed E-state index contributed by atoms with van der Waals surface area (Å²) in [4.78, 5) is 11.4. The average Bonchev–Trinajstić information content (AvgIpc) is 3.02. The van der Waals surface area contributed by atoms with Crippen molar-refractivity contribution >= 4 is 5.97 Å². The molecule has 0 saturated heterocycles. The summed E-state index contributed by atoms with van der Waals surface area (Å²) in [5.74, 6) is 0.798. The number of ether oxygens (including phenoxy) is 2. The Labute approximate surface area is 99.2 Å². The van der Waals surface area contributed by atoms with Crippen LogP contribution in [-0.4, -0.2) is 24.3 Å². The molecule has 0 radical (unpaired) electrons. The van der Waals surface area contributed by atoms with Crippen molar-refractivity contribution < 1.29 is 19.4 Å². The maximum absolute atomic E-state index is 11.4. The minimum absolute atomic E-state index is 0.183. The van der Waals surface area contributed by atoms with Gasteiger partial charge in [-0.15, -0.1) is 0 Å². The van der Waals surface area contributed by atoms with Crippen molar-refractivity contribution in [1.29, 1.82) is 0 Å². The number of benzene rings is 1. The number of hydrogen-bond acceptors (Lipinski definition) is 3. The van der Waals surface area contributed by atoms with E-state index in [4.69, 9.17) is 9.47 Å². The third-order valence-electron chi connectivity index (χ3n) is 3.75. The zero-order valence-electron chi connectivity index (χ0n) is 9.60. The first-order chi connectivity index (χ1) is 8.14. The van der Waals surface area contributed by atoms with Gasteiger partial charge in [0.25, 0.3) is 0 Å². The Balaban J connectivity index is 2.02. The molecule has 2 aliphatic rings. The SMILES string of the molecule is CC1CC1(C(=O)O)c1ccc2c(c1)OCCO2. The van der Waals surface area contributed by atoms with E-state index in [9.17, 15) is 9.90 Å². The highest BCUT2D eigenvalue weighted by molar-refractivity contribution is 5.86. The van der Waals surface area contributed by atoms with Crippen molar-refractivity contribution in [2.45, 2.75) is 18.8 Å². The monoisotopic (exact) mass is 234 g/mol. The standard InChI is InChI=1S/C13H14O4/c1-8-7-13(8,12(14)15)9-2-3-10-11(6-9)17-5-4-16-10/h2-3,6,8H,4-5,7H2,1H3,(H,14,15). The minimum atomic E-state index is -0.748. The first-order valence-electron chi connectivity index (χ1n) is 5.78. The molecule has 0 amide bonds. The van der Waals surface area contributed by atoms with Crippen LogP contribution in [0.1, 0.15) is 18.9 Å². The Morgan fingerprint density at radius 1 is 1.35 bits per heavy atom. The molecule has 90 valence electrons. The van der Waals surface area contributed by atoms with Crippen molar-refractivity contribution in [3.8, 4) is 11.5 Å². The number of carboxylic acid groups (broad SMARTS) is 1. The fourth-order valence-electron chi connectivity index (χ4n) is 2.57. The topological polar surface area (TPSA) is 55.8 Å². The predicted octanol–water partition coefficient (Wildman–Crippen LogP) is 1.82. The average molecular weight is 234 g/mol. The van der Waals surface area contributed by atoms with Crippen LogP contribution in [0, 0.1) is 5.92 Å². The fraction of sp³-hybridized carbons (Fsp3) is 0.462. The van der Waals surface area contributed by atoms with Crippen molar-refractivity contribution in [2.75, 3.05) is 13.2 Å². The van der Waals surface area contributed by atoms with Gasteiger partial charge in [-0.1, -0.05) is 13.0 Å². The van der Waals surface area contributed by atoms with Gasteiger partial charge in [-0.3, -0.25) is 4.79 Å². The molecule has 1 aliphatic heterocycles. The zero-order chi connectivity index (χ0) is 12.0. The summed E-state index contributed by atoms with van der Waals surface area (Å²) >= 11 is 0. The number of hydrogen-bond donors (Lipinski definition) is 1. The second-order valence-electron chi connectivity index (χ2n) is 4.74. The van der Waals surface area contributed by atoms with Gasteiger partial charge in [-0.2, -0.15) is 0 Å². The lowest BCUT2D eigenvalue weighted by molar-refractivity contribution is -0.140. The van der Waals surface area contributed by atoms with Gasteiger partial charge in [0.1, 0.15) is 13.2 Å². The molecule has 1 aromatic carbocycles. The van der Waals surface area contributed by atoms with Crippen LogP contribution in [0.4, 0.5) is 0 Å². The zero-order valence-corrected chi connectivity index (χ0v) is 9.60. The third-order valence-corrected chi connectivity index (χ3v) is 3.75. The molecule has 2 atom stereocenters. The molecule has 1 heterocycles. The first kappa shape index (κ1) is 10.4. The molecule has 3 rings (SSSR count). The van der Waals surface area contributed by atoms with E-state index in [1.54, 1.807) is 6.07 Å². The normalized spacial score (nSPS) is 29.8. The molecule has 17 heavy (non-hydrogen) atoms. The fourth-order valence-corrected chi connectivity index (χ4v) is 2.57. The molecule has 0 aromatic heterocycles. The summed E-state index contributed by atoms with van der Waals surface area (Å²) in [5.41, 5.74) is 0.109. The van der Waals surface area contributed by atoms with Crippen molar-refractivity contribution in [2.24, 2.45) is 5.92 Å². The molecular weight excluding hydrogens is 220 g/mol. The smallest absolute Gasteiger partial charge is 0.314 e. The molecular formula is C13H14O4. The third kappa shape index (κ3) is 1.40. The van der Waals surface area contributed by atoms with Crippen LogP contribution in [0.2, 0.25) is 0 Å². The Bertz CT molecular complexity index is 482. The van der Waals surface area contributed by atoms with E-state index in [-0.39, 0.29) is 5.92 Å². The quantitative estimate of drug-likeness (QED) is 0.848. The molecule has 2 unspecified atom stereocenters. The van der Waals surface area contributed by atoms with Crippen LogP contribution in [0.5, 0.6) is 11.5 Å². The molecule has 4 heteroatoms. The maximum atomic E-state index is 11.4. The molecule has 1 saturated carbocycles. The van der Waals surface area contributed by atoms with Crippen LogP contribution in [-0.2, 0) is 10.2 Å². The summed E-state index contributed by atoms with van der Waals surface area (Å²) < 4.78 is 10.9. The van der Waals surface area contributed by atoms with Crippen LogP contribution in [0.15, 0.2) is 18.2 Å². The van der Waals surface area contributed by atoms with E-state index in [2.05, 4.69) is 0 Å². The van der Waals surface area contributed by atoms with E-state index < -0.39 is 11.4 Å². The molecule has 0 bridgehead atoms. The predicted molar refractivity (Wildman–Crippen MR) is 60.5 cm³/mol. The first-order valence-corrected chi connectivity index (χ1v) is 5.78. The number of aliphatic carboxylic acids is 1. The minimum Gasteiger partial charge on any atom is -0.486 e. The number of fused-ring (bicyclic) bond motifs is 1. The van der Waals surface area contributed by atoms with Gasteiger partial charge in [0.15, 0.2) is 11.5 Å². The highest BCUT2D eigenvalue weighted by atomic mass is 16.6. The van der Waals surface area contributed by atoms with E-state index in [1.807, 2.05) is 19.1 Å². The Morgan fingerprint density at radius 3 is 2.59 bits per heavy atom. The van der Waals surface area contributed by atoms with Crippen LogP contribution in [0.25, 0.3) is 0 Å². The van der Waals surface area contributed by atoms with Crippen LogP contribution in [0.3, 0.4) is 0 Å². The molecule has 1 fully saturated rings. The Kier molecular flexibility index (Phi) is 2.08. The lowest BCUT2D eigenvalue weighted by atomic mass is 9.93. The van der Waals surface area contributed by atoms with Crippen molar-refractivity contribution in [3.63, 3.8) is 0 Å². The van der Waals surface area contributed by atoms with E-state index in [0.29, 0.717) is 31.1 Å². The highest BCUT2D eigenvalue weighted by Gasteiger charge is 2.59. The van der Waals surface area contributed by atoms with Gasteiger partial charge in [0.2, 0.25) is 0 Å².